The summed E-state index contributed by atoms with van der Waals surface area (Å²) in [6, 6.07) is 23.1. The molecule has 0 aliphatic carbocycles. The number of carbonyl (C=O) groups excluding carboxylic acids is 3. The Morgan fingerprint density at radius 2 is 1.48 bits per heavy atom. The Bertz CT molecular complexity index is 1110. The molecule has 0 saturated heterocycles. The number of benzene rings is 3. The molecule has 0 aliphatic rings. The first-order valence-corrected chi connectivity index (χ1v) is 10.3. The molecule has 0 unspecified atom stereocenters. The van der Waals surface area contributed by atoms with Crippen molar-refractivity contribution in [2.24, 2.45) is 5.10 Å². The Balaban J connectivity index is 1.42. The first kappa shape index (κ1) is 23.2. The predicted molar refractivity (Wildman–Crippen MR) is 127 cm³/mol. The summed E-state index contributed by atoms with van der Waals surface area (Å²) in [7, 11) is 0. The fraction of sp³-hybridized carbons (Fsp3) is 0.120. The number of ether oxygens (including phenoxy) is 1. The van der Waals surface area contributed by atoms with Crippen LogP contribution in [-0.4, -0.2) is 30.5 Å². The number of para-hydroxylation sites is 1. The van der Waals surface area contributed by atoms with Gasteiger partial charge in [0, 0.05) is 11.4 Å². The van der Waals surface area contributed by atoms with Crippen LogP contribution in [0, 0.1) is 0 Å². The lowest BCUT2D eigenvalue weighted by Gasteiger charge is -2.07. The summed E-state index contributed by atoms with van der Waals surface area (Å²) in [4.78, 5) is 35.8. The number of amides is 3. The molecule has 0 aromatic heterocycles. The average Bonchev–Trinajstić information content (AvgIpc) is 2.84. The SMILES string of the molecule is CCc1ccc(NC(=O)C(=O)N/N=C\c2ccc(OCC(=O)Nc3ccccc3)cc2)cc1. The topological polar surface area (TPSA) is 109 Å². The molecular formula is C25H24N4O4. The lowest BCUT2D eigenvalue weighted by Crippen LogP contribution is -2.32. The Hall–Kier alpha value is -4.46. The Morgan fingerprint density at radius 3 is 2.15 bits per heavy atom. The average molecular weight is 444 g/mol. The highest BCUT2D eigenvalue weighted by molar-refractivity contribution is 6.39. The Kier molecular flexibility index (Phi) is 8.30. The molecule has 3 amide bonds. The second kappa shape index (κ2) is 11.8. The van der Waals surface area contributed by atoms with Crippen molar-refractivity contribution in [3.63, 3.8) is 0 Å². The van der Waals surface area contributed by atoms with Crippen LogP contribution in [0.4, 0.5) is 11.4 Å². The largest absolute Gasteiger partial charge is 0.484 e. The van der Waals surface area contributed by atoms with Gasteiger partial charge in [0.05, 0.1) is 6.21 Å². The molecule has 0 aliphatic heterocycles. The maximum Gasteiger partial charge on any atom is 0.329 e. The number of hydrogen-bond acceptors (Lipinski definition) is 5. The van der Waals surface area contributed by atoms with E-state index in [-0.39, 0.29) is 12.5 Å². The molecule has 8 nitrogen and oxygen atoms in total. The normalized spacial score (nSPS) is 10.5. The smallest absolute Gasteiger partial charge is 0.329 e. The van der Waals surface area contributed by atoms with Crippen LogP contribution in [0.3, 0.4) is 0 Å². The summed E-state index contributed by atoms with van der Waals surface area (Å²) in [6.45, 7) is 1.90. The maximum atomic E-state index is 12.0. The molecule has 0 heterocycles. The molecule has 0 atom stereocenters. The highest BCUT2D eigenvalue weighted by Gasteiger charge is 2.12. The summed E-state index contributed by atoms with van der Waals surface area (Å²) >= 11 is 0. The van der Waals surface area contributed by atoms with E-state index in [1.54, 1.807) is 48.5 Å². The molecule has 33 heavy (non-hydrogen) atoms. The van der Waals surface area contributed by atoms with E-state index < -0.39 is 11.8 Å². The van der Waals surface area contributed by atoms with Crippen LogP contribution in [-0.2, 0) is 20.8 Å². The Labute approximate surface area is 191 Å². The van der Waals surface area contributed by atoms with Gasteiger partial charge in [-0.2, -0.15) is 5.10 Å². The van der Waals surface area contributed by atoms with Gasteiger partial charge in [0.2, 0.25) is 0 Å². The number of aryl methyl sites for hydroxylation is 1. The maximum absolute atomic E-state index is 12.0. The minimum Gasteiger partial charge on any atom is -0.484 e. The first-order chi connectivity index (χ1) is 16.0. The van der Waals surface area contributed by atoms with E-state index in [0.717, 1.165) is 12.0 Å². The van der Waals surface area contributed by atoms with Gasteiger partial charge in [0.15, 0.2) is 6.61 Å². The zero-order valence-corrected chi connectivity index (χ0v) is 18.1. The molecule has 0 saturated carbocycles. The van der Waals surface area contributed by atoms with Crippen molar-refractivity contribution in [1.82, 2.24) is 5.43 Å². The van der Waals surface area contributed by atoms with Crippen molar-refractivity contribution in [1.29, 1.82) is 0 Å². The third-order valence-corrected chi connectivity index (χ3v) is 4.51. The molecule has 8 heteroatoms. The van der Waals surface area contributed by atoms with Crippen molar-refractivity contribution in [2.75, 3.05) is 17.2 Å². The van der Waals surface area contributed by atoms with Gasteiger partial charge in [-0.3, -0.25) is 14.4 Å². The zero-order valence-electron chi connectivity index (χ0n) is 18.1. The van der Waals surface area contributed by atoms with Crippen molar-refractivity contribution < 1.29 is 19.1 Å². The van der Waals surface area contributed by atoms with E-state index >= 15 is 0 Å². The van der Waals surface area contributed by atoms with Gasteiger partial charge in [0.1, 0.15) is 5.75 Å². The third-order valence-electron chi connectivity index (χ3n) is 4.51. The van der Waals surface area contributed by atoms with Crippen LogP contribution in [0.1, 0.15) is 18.1 Å². The van der Waals surface area contributed by atoms with E-state index in [2.05, 4.69) is 21.2 Å². The molecular weight excluding hydrogens is 420 g/mol. The van der Waals surface area contributed by atoms with E-state index in [4.69, 9.17) is 4.74 Å². The van der Waals surface area contributed by atoms with Crippen LogP contribution < -0.4 is 20.8 Å². The third kappa shape index (κ3) is 7.62. The molecule has 3 aromatic rings. The molecule has 3 N–H and O–H groups in total. The summed E-state index contributed by atoms with van der Waals surface area (Å²) in [5, 5.41) is 9.04. The molecule has 0 bridgehead atoms. The number of hydrogen-bond donors (Lipinski definition) is 3. The highest BCUT2D eigenvalue weighted by atomic mass is 16.5. The summed E-state index contributed by atoms with van der Waals surface area (Å²) in [5.74, 6) is -1.45. The fourth-order valence-corrected chi connectivity index (χ4v) is 2.75. The number of rotatable bonds is 8. The lowest BCUT2D eigenvalue weighted by molar-refractivity contribution is -0.136. The van der Waals surface area contributed by atoms with Crippen LogP contribution in [0.25, 0.3) is 0 Å². The number of anilines is 2. The minimum absolute atomic E-state index is 0.130. The number of nitrogens with one attached hydrogen (secondary N) is 3. The summed E-state index contributed by atoms with van der Waals surface area (Å²) in [6.07, 6.45) is 2.28. The number of hydrazone groups is 1. The second-order valence-electron chi connectivity index (χ2n) is 6.98. The molecule has 0 spiro atoms. The number of carbonyl (C=O) groups is 3. The van der Waals surface area contributed by atoms with Crippen molar-refractivity contribution in [3.8, 4) is 5.75 Å². The van der Waals surface area contributed by atoms with Gasteiger partial charge >= 0.3 is 11.8 Å². The van der Waals surface area contributed by atoms with Gasteiger partial charge in [-0.1, -0.05) is 37.3 Å². The molecule has 3 aromatic carbocycles. The molecule has 0 radical (unpaired) electrons. The standard InChI is InChI=1S/C25H24N4O4/c1-2-18-8-12-21(13-9-18)28-24(31)25(32)29-26-16-19-10-14-22(15-11-19)33-17-23(30)27-20-6-4-3-5-7-20/h3-16H,2,17H2,1H3,(H,27,30)(H,28,31)(H,29,32)/b26-16-. The second-order valence-corrected chi connectivity index (χ2v) is 6.98. The van der Waals surface area contributed by atoms with E-state index in [0.29, 0.717) is 22.7 Å². The lowest BCUT2D eigenvalue weighted by atomic mass is 10.1. The number of nitrogens with zero attached hydrogens (tertiary/aromatic N) is 1. The predicted octanol–water partition coefficient (Wildman–Crippen LogP) is 3.36. The van der Waals surface area contributed by atoms with Crippen LogP contribution in [0.5, 0.6) is 5.75 Å². The minimum atomic E-state index is -0.879. The van der Waals surface area contributed by atoms with Crippen LogP contribution in [0.15, 0.2) is 84.0 Å². The van der Waals surface area contributed by atoms with Crippen LogP contribution in [0.2, 0.25) is 0 Å². The Morgan fingerprint density at radius 1 is 0.818 bits per heavy atom. The van der Waals surface area contributed by atoms with E-state index in [1.165, 1.54) is 6.21 Å². The zero-order chi connectivity index (χ0) is 23.5. The fourth-order valence-electron chi connectivity index (χ4n) is 2.75. The quantitative estimate of drug-likeness (QED) is 0.281. The van der Waals surface area contributed by atoms with Gasteiger partial charge in [0.25, 0.3) is 5.91 Å². The molecule has 3 rings (SSSR count). The van der Waals surface area contributed by atoms with Gasteiger partial charge in [-0.15, -0.1) is 0 Å². The highest BCUT2D eigenvalue weighted by Crippen LogP contribution is 2.12. The van der Waals surface area contributed by atoms with Crippen LogP contribution >= 0.6 is 0 Å². The summed E-state index contributed by atoms with van der Waals surface area (Å²) in [5.41, 5.74) is 5.22. The van der Waals surface area contributed by atoms with E-state index in [1.807, 2.05) is 37.3 Å². The van der Waals surface area contributed by atoms with E-state index in [9.17, 15) is 14.4 Å². The van der Waals surface area contributed by atoms with Gasteiger partial charge in [-0.05, 0) is 66.1 Å². The first-order valence-electron chi connectivity index (χ1n) is 10.3. The van der Waals surface area contributed by atoms with Crippen molar-refractivity contribution >= 4 is 35.3 Å². The van der Waals surface area contributed by atoms with Gasteiger partial charge in [-0.25, -0.2) is 5.43 Å². The molecule has 0 fully saturated rings. The van der Waals surface area contributed by atoms with Gasteiger partial charge < -0.3 is 15.4 Å². The monoisotopic (exact) mass is 444 g/mol. The molecule has 168 valence electrons. The van der Waals surface area contributed by atoms with Crippen molar-refractivity contribution in [2.45, 2.75) is 13.3 Å². The summed E-state index contributed by atoms with van der Waals surface area (Å²) < 4.78 is 5.46. The van der Waals surface area contributed by atoms with Crippen molar-refractivity contribution in [3.05, 3.63) is 90.0 Å².